The number of ether oxygens (including phenoxy) is 1. The fourth-order valence-corrected chi connectivity index (χ4v) is 1.70. The van der Waals surface area contributed by atoms with Crippen LogP contribution >= 0.6 is 23.2 Å². The Balaban J connectivity index is 0.00000256. The van der Waals surface area contributed by atoms with Crippen molar-refractivity contribution in [2.24, 2.45) is 11.5 Å². The van der Waals surface area contributed by atoms with Crippen molar-refractivity contribution in [2.75, 3.05) is 6.61 Å². The number of amides is 1. The minimum atomic E-state index is -0.815. The lowest BCUT2D eigenvalue weighted by atomic mass is 10.1. The van der Waals surface area contributed by atoms with Crippen LogP contribution in [0, 0.1) is 0 Å². The van der Waals surface area contributed by atoms with Crippen LogP contribution in [0.5, 0.6) is 0 Å². The normalized spacial score (nSPS) is 11.5. The fraction of sp³-hybridized carbons (Fsp3) is 0.364. The van der Waals surface area contributed by atoms with Gasteiger partial charge in [0.05, 0.1) is 16.7 Å². The van der Waals surface area contributed by atoms with Gasteiger partial charge in [0.25, 0.3) is 0 Å². The molecule has 0 saturated carbocycles. The lowest BCUT2D eigenvalue weighted by Crippen LogP contribution is -2.18. The van der Waals surface area contributed by atoms with Crippen molar-refractivity contribution in [3.05, 3.63) is 33.8 Å². The Morgan fingerprint density at radius 3 is 2.65 bits per heavy atom. The van der Waals surface area contributed by atoms with Gasteiger partial charge in [-0.05, 0) is 11.6 Å². The van der Waals surface area contributed by atoms with Gasteiger partial charge in [-0.2, -0.15) is 0 Å². The molecule has 0 saturated heterocycles. The van der Waals surface area contributed by atoms with Crippen molar-refractivity contribution >= 4 is 29.3 Å². The Bertz CT molecular complexity index is 386. The van der Waals surface area contributed by atoms with E-state index >= 15 is 0 Å². The quantitative estimate of drug-likeness (QED) is 0.888. The van der Waals surface area contributed by atoms with E-state index in [0.29, 0.717) is 16.5 Å². The molecule has 1 atom stereocenters. The van der Waals surface area contributed by atoms with E-state index in [0.717, 1.165) is 5.56 Å². The van der Waals surface area contributed by atoms with Crippen LogP contribution < -0.4 is 11.5 Å². The summed E-state index contributed by atoms with van der Waals surface area (Å²) in [5.41, 5.74) is 11.4. The maximum absolute atomic E-state index is 10.4. The number of carbonyl (C=O) groups excluding carboxylic acids is 1. The molecule has 0 radical (unpaired) electrons. The van der Waals surface area contributed by atoms with Gasteiger partial charge in [-0.25, -0.2) is 4.79 Å². The molecule has 1 unspecified atom stereocenters. The molecule has 0 spiro atoms. The van der Waals surface area contributed by atoms with E-state index in [1.165, 1.54) is 0 Å². The first kappa shape index (κ1) is 16.0. The van der Waals surface area contributed by atoms with E-state index < -0.39 is 6.09 Å². The summed E-state index contributed by atoms with van der Waals surface area (Å²) in [6, 6.07) is 4.88. The van der Waals surface area contributed by atoms with Gasteiger partial charge in [-0.1, -0.05) is 42.8 Å². The number of hydrogen-bond acceptors (Lipinski definition) is 3. The van der Waals surface area contributed by atoms with Gasteiger partial charge in [0.1, 0.15) is 0 Å². The second-order valence-corrected chi connectivity index (χ2v) is 3.99. The van der Waals surface area contributed by atoms with Gasteiger partial charge in [-0.3, -0.25) is 0 Å². The molecule has 17 heavy (non-hydrogen) atoms. The second-order valence-electron chi connectivity index (χ2n) is 3.21. The Hall–Kier alpha value is -0.970. The number of hydrogen-bond donors (Lipinski definition) is 2. The molecule has 1 aromatic carbocycles. The van der Waals surface area contributed by atoms with Gasteiger partial charge in [0, 0.05) is 12.5 Å². The molecule has 1 aromatic rings. The van der Waals surface area contributed by atoms with Crippen LogP contribution in [-0.4, -0.2) is 12.7 Å². The van der Waals surface area contributed by atoms with E-state index in [-0.39, 0.29) is 20.1 Å². The third-order valence-corrected chi connectivity index (χ3v) is 2.89. The topological polar surface area (TPSA) is 78.3 Å². The van der Waals surface area contributed by atoms with Crippen LogP contribution in [-0.2, 0) is 4.74 Å². The first-order valence-corrected chi connectivity index (χ1v) is 5.39. The molecule has 4 nitrogen and oxygen atoms in total. The molecule has 96 valence electrons. The lowest BCUT2D eigenvalue weighted by molar-refractivity contribution is 0.153. The molecular weight excluding hydrogens is 263 g/mol. The largest absolute Gasteiger partial charge is 0.450 e. The Labute approximate surface area is 111 Å². The molecule has 1 rings (SSSR count). The summed E-state index contributed by atoms with van der Waals surface area (Å²) in [4.78, 5) is 10.4. The summed E-state index contributed by atoms with van der Waals surface area (Å²) >= 11 is 11.8. The van der Waals surface area contributed by atoms with Crippen molar-refractivity contribution < 1.29 is 9.53 Å². The third kappa shape index (κ3) is 4.81. The summed E-state index contributed by atoms with van der Waals surface area (Å²) in [6.07, 6.45) is -0.382. The van der Waals surface area contributed by atoms with E-state index in [2.05, 4.69) is 4.74 Å². The maximum Gasteiger partial charge on any atom is 0.404 e. The average molecular weight is 279 g/mol. The highest BCUT2D eigenvalue weighted by molar-refractivity contribution is 6.42. The van der Waals surface area contributed by atoms with Crippen LogP contribution in [0.15, 0.2) is 18.2 Å². The highest BCUT2D eigenvalue weighted by Gasteiger charge is 2.12. The highest BCUT2D eigenvalue weighted by Crippen LogP contribution is 2.30. The van der Waals surface area contributed by atoms with Crippen molar-refractivity contribution in [2.45, 2.75) is 19.9 Å². The third-order valence-electron chi connectivity index (χ3n) is 2.05. The number of rotatable bonds is 4. The summed E-state index contributed by atoms with van der Waals surface area (Å²) in [6.45, 7) is 0.152. The molecular formula is C11H16Cl2N2O2. The number of benzene rings is 1. The van der Waals surface area contributed by atoms with Gasteiger partial charge in [0.15, 0.2) is 0 Å². The Morgan fingerprint density at radius 2 is 2.06 bits per heavy atom. The summed E-state index contributed by atoms with van der Waals surface area (Å²) in [5.74, 6) is 0. The van der Waals surface area contributed by atoms with Gasteiger partial charge in [-0.15, -0.1) is 0 Å². The summed E-state index contributed by atoms with van der Waals surface area (Å²) in [5, 5.41) is 0.876. The number of nitrogens with two attached hydrogens (primary N) is 2. The van der Waals surface area contributed by atoms with E-state index in [9.17, 15) is 4.79 Å². The molecule has 0 bridgehead atoms. The number of carbonyl (C=O) groups is 1. The first-order valence-electron chi connectivity index (χ1n) is 4.64. The molecule has 0 aromatic heterocycles. The second kappa shape index (κ2) is 7.37. The maximum atomic E-state index is 10.4. The Morgan fingerprint density at radius 1 is 1.41 bits per heavy atom. The minimum Gasteiger partial charge on any atom is -0.450 e. The molecule has 0 aliphatic carbocycles. The molecule has 0 heterocycles. The number of primary amides is 1. The number of halogens is 2. The van der Waals surface area contributed by atoms with E-state index in [1.54, 1.807) is 18.2 Å². The minimum absolute atomic E-state index is 0. The molecule has 0 aliphatic heterocycles. The predicted molar refractivity (Wildman–Crippen MR) is 70.3 cm³/mol. The van der Waals surface area contributed by atoms with Crippen LogP contribution in [0.2, 0.25) is 10.0 Å². The van der Waals surface area contributed by atoms with E-state index in [4.69, 9.17) is 34.7 Å². The van der Waals surface area contributed by atoms with E-state index in [1.807, 2.05) is 0 Å². The molecule has 4 N–H and O–H groups in total. The standard InChI is InChI=1S/C10H12Cl2N2O2.CH4/c11-7-3-1-2-6(9(7)12)8(13)4-5-16-10(14)15;/h1-3,8H,4-5,13H2,(H2,14,15);1H4. The van der Waals surface area contributed by atoms with Gasteiger partial charge in [0.2, 0.25) is 0 Å². The highest BCUT2D eigenvalue weighted by atomic mass is 35.5. The molecule has 0 aliphatic rings. The van der Waals surface area contributed by atoms with Crippen LogP contribution in [0.3, 0.4) is 0 Å². The zero-order valence-electron chi connectivity index (χ0n) is 8.45. The summed E-state index contributed by atoms with van der Waals surface area (Å²) in [7, 11) is 0. The average Bonchev–Trinajstić information content (AvgIpc) is 2.21. The van der Waals surface area contributed by atoms with Crippen LogP contribution in [0.25, 0.3) is 0 Å². The molecule has 1 amide bonds. The monoisotopic (exact) mass is 278 g/mol. The predicted octanol–water partition coefficient (Wildman–Crippen LogP) is 3.11. The van der Waals surface area contributed by atoms with Crippen LogP contribution in [0.1, 0.15) is 25.5 Å². The van der Waals surface area contributed by atoms with Crippen LogP contribution in [0.4, 0.5) is 4.79 Å². The molecule has 6 heteroatoms. The van der Waals surface area contributed by atoms with Crippen molar-refractivity contribution in [3.8, 4) is 0 Å². The summed E-state index contributed by atoms with van der Waals surface area (Å²) < 4.78 is 4.59. The SMILES string of the molecule is C.NC(=O)OCCC(N)c1cccc(Cl)c1Cl. The Kier molecular flexibility index (Phi) is 6.95. The molecule has 0 fully saturated rings. The zero-order valence-corrected chi connectivity index (χ0v) is 9.96. The first-order chi connectivity index (χ1) is 7.52. The zero-order chi connectivity index (χ0) is 12.1. The van der Waals surface area contributed by atoms with Crippen molar-refractivity contribution in [1.82, 2.24) is 0 Å². The van der Waals surface area contributed by atoms with Gasteiger partial charge >= 0.3 is 6.09 Å². The fourth-order valence-electron chi connectivity index (χ4n) is 1.25. The lowest BCUT2D eigenvalue weighted by Gasteiger charge is -2.13. The smallest absolute Gasteiger partial charge is 0.404 e. The van der Waals surface area contributed by atoms with Crippen molar-refractivity contribution in [3.63, 3.8) is 0 Å². The van der Waals surface area contributed by atoms with Crippen molar-refractivity contribution in [1.29, 1.82) is 0 Å². The van der Waals surface area contributed by atoms with Gasteiger partial charge < -0.3 is 16.2 Å².